The second-order valence-electron chi connectivity index (χ2n) is 5.25. The molecule has 0 radical (unpaired) electrons. The summed E-state index contributed by atoms with van der Waals surface area (Å²) in [5.74, 6) is 1.88. The number of hydrogen-bond donors (Lipinski definition) is 0. The maximum Gasteiger partial charge on any atom is 0.166 e. The first-order valence-electron chi connectivity index (χ1n) is 6.93. The van der Waals surface area contributed by atoms with Gasteiger partial charge in [-0.3, -0.25) is 4.79 Å². The van der Waals surface area contributed by atoms with Crippen LogP contribution in [0.5, 0.6) is 0 Å². The minimum Gasteiger partial charge on any atom is -0.335 e. The number of hydrogen-bond acceptors (Lipinski definition) is 2. The molecule has 0 spiro atoms. The zero-order valence-electron chi connectivity index (χ0n) is 11.4. The fraction of sp³-hybridized carbons (Fsp3) is 0.600. The molecule has 1 aromatic rings. The van der Waals surface area contributed by atoms with Gasteiger partial charge >= 0.3 is 0 Å². The van der Waals surface area contributed by atoms with Crippen molar-refractivity contribution in [1.29, 1.82) is 0 Å². The summed E-state index contributed by atoms with van der Waals surface area (Å²) in [6.07, 6.45) is 10.5. The second kappa shape index (κ2) is 5.98. The Morgan fingerprint density at radius 2 is 2.39 bits per heavy atom. The van der Waals surface area contributed by atoms with Crippen molar-refractivity contribution in [1.82, 2.24) is 9.55 Å². The van der Waals surface area contributed by atoms with E-state index in [-0.39, 0.29) is 5.78 Å². The lowest BCUT2D eigenvalue weighted by atomic mass is 9.88. The minimum atomic E-state index is 0.255. The largest absolute Gasteiger partial charge is 0.335 e. The van der Waals surface area contributed by atoms with Crippen molar-refractivity contribution in [3.05, 3.63) is 29.9 Å². The van der Waals surface area contributed by atoms with Crippen LogP contribution < -0.4 is 0 Å². The molecule has 0 saturated heterocycles. The third-order valence-corrected chi connectivity index (χ3v) is 3.62. The van der Waals surface area contributed by atoms with Crippen molar-refractivity contribution in [3.63, 3.8) is 0 Å². The van der Waals surface area contributed by atoms with Crippen LogP contribution in [0.15, 0.2) is 24.0 Å². The van der Waals surface area contributed by atoms with Crippen LogP contribution in [0.2, 0.25) is 0 Å². The average Bonchev–Trinajstić information content (AvgIpc) is 2.78. The molecule has 1 atom stereocenters. The van der Waals surface area contributed by atoms with Gasteiger partial charge in [-0.1, -0.05) is 19.9 Å². The number of Topliss-reactive ketones (excluding diaryl/α,β-unsaturated/α-hetero) is 1. The van der Waals surface area contributed by atoms with E-state index in [1.807, 2.05) is 6.20 Å². The highest BCUT2D eigenvalue weighted by Crippen LogP contribution is 2.24. The maximum atomic E-state index is 12.2. The Morgan fingerprint density at radius 3 is 3.06 bits per heavy atom. The average molecular weight is 246 g/mol. The zero-order chi connectivity index (χ0) is 13.0. The molecule has 0 saturated carbocycles. The zero-order valence-corrected chi connectivity index (χ0v) is 11.4. The van der Waals surface area contributed by atoms with Gasteiger partial charge in [0, 0.05) is 18.9 Å². The lowest BCUT2D eigenvalue weighted by molar-refractivity contribution is -0.115. The second-order valence-corrected chi connectivity index (χ2v) is 5.25. The lowest BCUT2D eigenvalue weighted by Gasteiger charge is -2.17. The Morgan fingerprint density at radius 1 is 1.56 bits per heavy atom. The number of allylic oxidation sites excluding steroid dienone is 2. The van der Waals surface area contributed by atoms with Gasteiger partial charge in [-0.2, -0.15) is 0 Å². The van der Waals surface area contributed by atoms with Crippen molar-refractivity contribution in [2.75, 3.05) is 0 Å². The molecular weight excluding hydrogens is 224 g/mol. The molecule has 3 nitrogen and oxygen atoms in total. The van der Waals surface area contributed by atoms with E-state index in [1.165, 1.54) is 0 Å². The van der Waals surface area contributed by atoms with Crippen molar-refractivity contribution in [3.8, 4) is 0 Å². The van der Waals surface area contributed by atoms with E-state index in [4.69, 9.17) is 0 Å². The third-order valence-electron chi connectivity index (χ3n) is 3.62. The van der Waals surface area contributed by atoms with E-state index >= 15 is 0 Å². The van der Waals surface area contributed by atoms with Gasteiger partial charge in [0.2, 0.25) is 0 Å². The van der Waals surface area contributed by atoms with Crippen LogP contribution >= 0.6 is 0 Å². The molecule has 0 amide bonds. The Hall–Kier alpha value is -1.38. The molecule has 1 aliphatic carbocycles. The molecule has 3 heteroatoms. The Labute approximate surface area is 109 Å². The van der Waals surface area contributed by atoms with Gasteiger partial charge < -0.3 is 4.57 Å². The van der Waals surface area contributed by atoms with E-state index < -0.39 is 0 Å². The first kappa shape index (κ1) is 13.1. The van der Waals surface area contributed by atoms with E-state index in [0.29, 0.717) is 6.42 Å². The molecule has 0 bridgehead atoms. The summed E-state index contributed by atoms with van der Waals surface area (Å²) in [7, 11) is 0. The summed E-state index contributed by atoms with van der Waals surface area (Å²) in [5, 5.41) is 0. The van der Waals surface area contributed by atoms with Gasteiger partial charge in [-0.15, -0.1) is 0 Å². The number of nitrogens with zero attached hydrogens (tertiary/aromatic N) is 2. The minimum absolute atomic E-state index is 0.255. The highest BCUT2D eigenvalue weighted by molar-refractivity contribution is 5.96. The summed E-state index contributed by atoms with van der Waals surface area (Å²) in [6, 6.07) is 0. The molecule has 2 rings (SSSR count). The number of carbonyl (C=O) groups is 1. The first-order valence-corrected chi connectivity index (χ1v) is 6.93. The fourth-order valence-electron chi connectivity index (χ4n) is 2.43. The predicted molar refractivity (Wildman–Crippen MR) is 72.3 cm³/mol. The Bertz CT molecular complexity index is 445. The van der Waals surface area contributed by atoms with E-state index in [2.05, 4.69) is 29.5 Å². The molecule has 1 aliphatic rings. The predicted octanol–water partition coefficient (Wildman–Crippen LogP) is 3.15. The molecule has 1 aromatic heterocycles. The molecule has 0 N–H and O–H groups in total. The van der Waals surface area contributed by atoms with Crippen LogP contribution in [-0.4, -0.2) is 15.3 Å². The highest BCUT2D eigenvalue weighted by Gasteiger charge is 2.17. The smallest absolute Gasteiger partial charge is 0.166 e. The lowest BCUT2D eigenvalue weighted by Crippen LogP contribution is -2.15. The molecule has 0 aliphatic heterocycles. The quantitative estimate of drug-likeness (QED) is 0.800. The molecule has 0 fully saturated rings. The first-order chi connectivity index (χ1) is 8.70. The SMILES string of the molecule is CCCn1ccnc1CC(=O)C1=CCC(C)CC1. The number of aryl methyl sites for hydroxylation is 1. The number of imidazole rings is 1. The van der Waals surface area contributed by atoms with Crippen molar-refractivity contribution in [2.45, 2.75) is 52.5 Å². The van der Waals surface area contributed by atoms with Gasteiger partial charge in [-0.25, -0.2) is 4.98 Å². The fourth-order valence-corrected chi connectivity index (χ4v) is 2.43. The van der Waals surface area contributed by atoms with Gasteiger partial charge in [0.1, 0.15) is 5.82 Å². The molecule has 0 aromatic carbocycles. The standard InChI is InChI=1S/C15H22N2O/c1-3-9-17-10-8-16-15(17)11-14(18)13-6-4-12(2)5-7-13/h6,8,10,12H,3-5,7,9,11H2,1-2H3. The molecule has 1 unspecified atom stereocenters. The summed E-state index contributed by atoms with van der Waals surface area (Å²) < 4.78 is 2.09. The molecular formula is C15H22N2O. The topological polar surface area (TPSA) is 34.9 Å². The van der Waals surface area contributed by atoms with Gasteiger partial charge in [0.15, 0.2) is 5.78 Å². The summed E-state index contributed by atoms with van der Waals surface area (Å²) in [5.41, 5.74) is 1.01. The Balaban J connectivity index is 2.00. The number of carbonyl (C=O) groups excluding carboxylic acids is 1. The van der Waals surface area contributed by atoms with Crippen molar-refractivity contribution < 1.29 is 4.79 Å². The number of aromatic nitrogens is 2. The molecule has 98 valence electrons. The normalized spacial score (nSPS) is 19.7. The van der Waals surface area contributed by atoms with Crippen LogP contribution in [0.3, 0.4) is 0 Å². The van der Waals surface area contributed by atoms with Crippen LogP contribution in [0.4, 0.5) is 0 Å². The van der Waals surface area contributed by atoms with Crippen LogP contribution in [0, 0.1) is 5.92 Å². The van der Waals surface area contributed by atoms with E-state index in [9.17, 15) is 4.79 Å². The Kier molecular flexibility index (Phi) is 4.34. The maximum absolute atomic E-state index is 12.2. The van der Waals surface area contributed by atoms with Crippen molar-refractivity contribution in [2.24, 2.45) is 5.92 Å². The number of rotatable bonds is 5. The monoisotopic (exact) mass is 246 g/mol. The highest BCUT2D eigenvalue weighted by atomic mass is 16.1. The summed E-state index contributed by atoms with van der Waals surface area (Å²) in [4.78, 5) is 16.5. The van der Waals surface area contributed by atoms with Crippen LogP contribution in [-0.2, 0) is 17.8 Å². The number of ketones is 1. The van der Waals surface area contributed by atoms with Crippen molar-refractivity contribution >= 4 is 5.78 Å². The van der Waals surface area contributed by atoms with E-state index in [1.54, 1.807) is 6.20 Å². The molecule has 18 heavy (non-hydrogen) atoms. The van der Waals surface area contributed by atoms with Crippen LogP contribution in [0.25, 0.3) is 0 Å². The summed E-state index contributed by atoms with van der Waals surface area (Å²) in [6.45, 7) is 5.32. The van der Waals surface area contributed by atoms with Gasteiger partial charge in [0.25, 0.3) is 0 Å². The summed E-state index contributed by atoms with van der Waals surface area (Å²) >= 11 is 0. The van der Waals surface area contributed by atoms with Gasteiger partial charge in [0.05, 0.1) is 6.42 Å². The molecule has 1 heterocycles. The third kappa shape index (κ3) is 3.09. The van der Waals surface area contributed by atoms with E-state index in [0.717, 1.165) is 49.5 Å². The van der Waals surface area contributed by atoms with Gasteiger partial charge in [-0.05, 0) is 37.2 Å². The van der Waals surface area contributed by atoms with Crippen LogP contribution in [0.1, 0.15) is 45.4 Å².